The van der Waals surface area contributed by atoms with E-state index >= 15 is 0 Å². The maximum absolute atomic E-state index is 12.0. The molecule has 9 heteroatoms. The normalized spacial score (nSPS) is 11.7. The molecular weight excluding hydrogens is 318 g/mol. The van der Waals surface area contributed by atoms with Crippen molar-refractivity contribution in [3.05, 3.63) is 39.4 Å². The zero-order chi connectivity index (χ0) is 18.4. The van der Waals surface area contributed by atoms with Crippen LogP contribution in [0.2, 0.25) is 0 Å². The van der Waals surface area contributed by atoms with Crippen molar-refractivity contribution in [3.63, 3.8) is 0 Å². The zero-order valence-electron chi connectivity index (χ0n) is 13.5. The Morgan fingerprint density at radius 1 is 1.29 bits per heavy atom. The van der Waals surface area contributed by atoms with E-state index in [1.54, 1.807) is 13.8 Å². The van der Waals surface area contributed by atoms with Gasteiger partial charge in [-0.15, -0.1) is 0 Å². The number of hydrogen-bond donors (Lipinski definition) is 3. The molecule has 0 aliphatic rings. The molecule has 0 aromatic heterocycles. The summed E-state index contributed by atoms with van der Waals surface area (Å²) in [5, 5.41) is 24.4. The smallest absolute Gasteiger partial charge is 0.326 e. The molecule has 2 amide bonds. The molecular formula is C15H19N3O6. The zero-order valence-corrected chi connectivity index (χ0v) is 13.5. The van der Waals surface area contributed by atoms with Crippen LogP contribution in [0.5, 0.6) is 0 Å². The van der Waals surface area contributed by atoms with Crippen molar-refractivity contribution < 1.29 is 24.4 Å². The van der Waals surface area contributed by atoms with E-state index in [1.165, 1.54) is 25.1 Å². The first-order chi connectivity index (χ1) is 11.1. The number of aryl methyl sites for hydroxylation is 1. The summed E-state index contributed by atoms with van der Waals surface area (Å²) in [5.41, 5.74) is 0.387. The Labute approximate surface area is 138 Å². The van der Waals surface area contributed by atoms with Crippen molar-refractivity contribution in [1.82, 2.24) is 10.6 Å². The first kappa shape index (κ1) is 19.1. The monoisotopic (exact) mass is 337 g/mol. The molecule has 0 fully saturated rings. The van der Waals surface area contributed by atoms with Gasteiger partial charge in [0, 0.05) is 17.2 Å². The molecule has 130 valence electrons. The van der Waals surface area contributed by atoms with Crippen LogP contribution in [-0.4, -0.2) is 40.4 Å². The minimum atomic E-state index is -1.16. The van der Waals surface area contributed by atoms with Gasteiger partial charge >= 0.3 is 5.97 Å². The second-order valence-electron chi connectivity index (χ2n) is 5.57. The van der Waals surface area contributed by atoms with E-state index in [4.69, 9.17) is 5.11 Å². The fourth-order valence-electron chi connectivity index (χ4n) is 2.00. The molecule has 0 radical (unpaired) electrons. The number of nitrogens with zero attached hydrogens (tertiary/aromatic N) is 1. The number of nitrogens with one attached hydrogen (secondary N) is 2. The number of carbonyl (C=O) groups is 3. The van der Waals surface area contributed by atoms with E-state index < -0.39 is 35.3 Å². The topological polar surface area (TPSA) is 139 Å². The van der Waals surface area contributed by atoms with Crippen LogP contribution in [0.15, 0.2) is 18.2 Å². The summed E-state index contributed by atoms with van der Waals surface area (Å²) in [6.45, 7) is 4.40. The summed E-state index contributed by atoms with van der Waals surface area (Å²) in [6, 6.07) is 2.80. The van der Waals surface area contributed by atoms with Crippen molar-refractivity contribution in [2.45, 2.75) is 26.8 Å². The molecule has 1 aromatic carbocycles. The average Bonchev–Trinajstić information content (AvgIpc) is 2.49. The number of hydrogen-bond acceptors (Lipinski definition) is 5. The summed E-state index contributed by atoms with van der Waals surface area (Å²) < 4.78 is 0. The first-order valence-electron chi connectivity index (χ1n) is 7.19. The summed E-state index contributed by atoms with van der Waals surface area (Å²) in [7, 11) is 0. The van der Waals surface area contributed by atoms with Gasteiger partial charge in [0.15, 0.2) is 0 Å². The van der Waals surface area contributed by atoms with E-state index in [2.05, 4.69) is 10.6 Å². The Morgan fingerprint density at radius 2 is 1.92 bits per heavy atom. The number of benzene rings is 1. The van der Waals surface area contributed by atoms with E-state index in [9.17, 15) is 24.5 Å². The molecule has 0 aliphatic carbocycles. The highest BCUT2D eigenvalue weighted by molar-refractivity contribution is 5.97. The Bertz CT molecular complexity index is 671. The Hall–Kier alpha value is -2.97. The highest BCUT2D eigenvalue weighted by Gasteiger charge is 2.23. The van der Waals surface area contributed by atoms with Gasteiger partial charge in [-0.25, -0.2) is 4.79 Å². The van der Waals surface area contributed by atoms with Crippen LogP contribution in [0.3, 0.4) is 0 Å². The summed E-state index contributed by atoms with van der Waals surface area (Å²) in [5.74, 6) is -2.68. The molecule has 9 nitrogen and oxygen atoms in total. The molecule has 0 spiro atoms. The molecule has 1 atom stereocenters. The predicted octanol–water partition coefficient (Wildman–Crippen LogP) is 0.858. The van der Waals surface area contributed by atoms with E-state index in [1.807, 2.05) is 0 Å². The first-order valence-corrected chi connectivity index (χ1v) is 7.19. The minimum absolute atomic E-state index is 0.106. The van der Waals surface area contributed by atoms with Gasteiger partial charge < -0.3 is 15.7 Å². The Kier molecular flexibility index (Phi) is 6.39. The molecule has 3 N–H and O–H groups in total. The van der Waals surface area contributed by atoms with Crippen LogP contribution < -0.4 is 10.6 Å². The van der Waals surface area contributed by atoms with E-state index in [-0.39, 0.29) is 17.2 Å². The van der Waals surface area contributed by atoms with Crippen molar-refractivity contribution in [2.75, 3.05) is 6.54 Å². The number of nitro benzene ring substituents is 1. The van der Waals surface area contributed by atoms with Crippen LogP contribution in [0.1, 0.15) is 29.8 Å². The number of carbonyl (C=O) groups excluding carboxylic acids is 2. The summed E-state index contributed by atoms with van der Waals surface area (Å²) >= 11 is 0. The van der Waals surface area contributed by atoms with Gasteiger partial charge in [-0.05, 0) is 25.0 Å². The number of nitro groups is 1. The molecule has 0 heterocycles. The van der Waals surface area contributed by atoms with Crippen LogP contribution in [0.25, 0.3) is 0 Å². The molecule has 1 unspecified atom stereocenters. The van der Waals surface area contributed by atoms with Crippen molar-refractivity contribution in [1.29, 1.82) is 0 Å². The van der Waals surface area contributed by atoms with Crippen LogP contribution in [-0.2, 0) is 9.59 Å². The SMILES string of the molecule is Cc1cc(C(=O)NCC(=O)NC(C(=O)O)C(C)C)ccc1[N+](=O)[O-]. The highest BCUT2D eigenvalue weighted by Crippen LogP contribution is 2.18. The lowest BCUT2D eigenvalue weighted by Crippen LogP contribution is -2.48. The molecule has 24 heavy (non-hydrogen) atoms. The molecule has 0 saturated heterocycles. The fourth-order valence-corrected chi connectivity index (χ4v) is 2.00. The van der Waals surface area contributed by atoms with E-state index in [0.717, 1.165) is 0 Å². The highest BCUT2D eigenvalue weighted by atomic mass is 16.6. The lowest BCUT2D eigenvalue weighted by Gasteiger charge is -2.18. The Morgan fingerprint density at radius 3 is 2.38 bits per heavy atom. The third kappa shape index (κ3) is 5.04. The van der Waals surface area contributed by atoms with Crippen LogP contribution in [0.4, 0.5) is 5.69 Å². The number of rotatable bonds is 7. The number of carboxylic acid groups (broad SMARTS) is 1. The van der Waals surface area contributed by atoms with Crippen LogP contribution in [0, 0.1) is 23.0 Å². The number of amides is 2. The lowest BCUT2D eigenvalue weighted by atomic mass is 10.0. The number of carboxylic acids is 1. The maximum Gasteiger partial charge on any atom is 0.326 e. The van der Waals surface area contributed by atoms with Crippen molar-refractivity contribution in [3.8, 4) is 0 Å². The average molecular weight is 337 g/mol. The second kappa shape index (κ2) is 8.04. The van der Waals surface area contributed by atoms with Gasteiger partial charge in [-0.2, -0.15) is 0 Å². The van der Waals surface area contributed by atoms with Crippen LogP contribution >= 0.6 is 0 Å². The standard InChI is InChI=1S/C15H19N3O6/c1-8(2)13(15(21)22)17-12(19)7-16-14(20)10-4-5-11(18(23)24)9(3)6-10/h4-6,8,13H,7H2,1-3H3,(H,16,20)(H,17,19)(H,21,22). The van der Waals surface area contributed by atoms with Crippen molar-refractivity contribution in [2.24, 2.45) is 5.92 Å². The molecule has 0 bridgehead atoms. The minimum Gasteiger partial charge on any atom is -0.480 e. The quantitative estimate of drug-likeness (QED) is 0.498. The lowest BCUT2D eigenvalue weighted by molar-refractivity contribution is -0.385. The van der Waals surface area contributed by atoms with Gasteiger partial charge in [-0.3, -0.25) is 19.7 Å². The third-order valence-corrected chi connectivity index (χ3v) is 3.31. The third-order valence-electron chi connectivity index (χ3n) is 3.31. The van der Waals surface area contributed by atoms with E-state index in [0.29, 0.717) is 5.56 Å². The second-order valence-corrected chi connectivity index (χ2v) is 5.57. The molecule has 1 rings (SSSR count). The predicted molar refractivity (Wildman–Crippen MR) is 84.6 cm³/mol. The van der Waals surface area contributed by atoms with Gasteiger partial charge in [-0.1, -0.05) is 13.8 Å². The summed E-state index contributed by atoms with van der Waals surface area (Å²) in [6.07, 6.45) is 0. The largest absolute Gasteiger partial charge is 0.480 e. The van der Waals surface area contributed by atoms with Gasteiger partial charge in [0.05, 0.1) is 11.5 Å². The molecule has 0 saturated carbocycles. The summed E-state index contributed by atoms with van der Waals surface area (Å²) in [4.78, 5) is 44.9. The molecule has 1 aromatic rings. The number of aliphatic carboxylic acids is 1. The van der Waals surface area contributed by atoms with Gasteiger partial charge in [0.2, 0.25) is 5.91 Å². The van der Waals surface area contributed by atoms with Crippen molar-refractivity contribution >= 4 is 23.5 Å². The Balaban J connectivity index is 2.66. The van der Waals surface area contributed by atoms with Gasteiger partial charge in [0.25, 0.3) is 11.6 Å². The fraction of sp³-hybridized carbons (Fsp3) is 0.400. The maximum atomic E-state index is 12.0. The molecule has 0 aliphatic heterocycles. The van der Waals surface area contributed by atoms with Gasteiger partial charge in [0.1, 0.15) is 6.04 Å².